The Morgan fingerprint density at radius 2 is 1.89 bits per heavy atom. The maximum Gasteiger partial charge on any atom is 0.191 e. The first-order valence-electron chi connectivity index (χ1n) is 6.43. The first-order chi connectivity index (χ1) is 9.07. The quantitative estimate of drug-likeness (QED) is 0.382. The Morgan fingerprint density at radius 1 is 1.26 bits per heavy atom. The smallest absolute Gasteiger partial charge is 0.191 e. The van der Waals surface area contributed by atoms with Gasteiger partial charge >= 0.3 is 0 Å². The molecule has 0 unspecified atom stereocenters. The third-order valence-corrected chi connectivity index (χ3v) is 5.20. The molecule has 1 aliphatic rings. The number of aliphatic imine (C=N–C) groups is 1. The number of nitrogens with zero attached hydrogens (tertiary/aromatic N) is 2. The summed E-state index contributed by atoms with van der Waals surface area (Å²) in [4.78, 5) is 6.31. The molecule has 1 aliphatic heterocycles. The largest absolute Gasteiger partial charge is 0.356 e. The van der Waals surface area contributed by atoms with E-state index in [0.717, 1.165) is 31.3 Å². The van der Waals surface area contributed by atoms with Crippen molar-refractivity contribution in [2.24, 2.45) is 4.99 Å². The van der Waals surface area contributed by atoms with Crippen LogP contribution in [-0.2, 0) is 9.84 Å². The van der Waals surface area contributed by atoms with Gasteiger partial charge in [0, 0.05) is 45.5 Å². The summed E-state index contributed by atoms with van der Waals surface area (Å²) in [6.45, 7) is 3.80. The number of hydrogen-bond acceptors (Lipinski definition) is 5. The summed E-state index contributed by atoms with van der Waals surface area (Å²) in [5.41, 5.74) is 0. The van der Waals surface area contributed by atoms with E-state index in [1.807, 2.05) is 0 Å². The first-order valence-corrected chi connectivity index (χ1v) is 9.65. The predicted octanol–water partition coefficient (Wildman–Crippen LogP) is -0.755. The molecular formula is C11H24N4O2S2. The molecule has 0 aromatic heterocycles. The number of guanidine groups is 1. The molecule has 0 amide bonds. The van der Waals surface area contributed by atoms with E-state index in [0.29, 0.717) is 13.1 Å². The zero-order valence-corrected chi connectivity index (χ0v) is 13.3. The van der Waals surface area contributed by atoms with Crippen molar-refractivity contribution in [1.82, 2.24) is 15.5 Å². The fourth-order valence-electron chi connectivity index (χ4n) is 1.80. The Bertz CT molecular complexity index is 370. The number of nitrogens with one attached hydrogen (secondary N) is 2. The molecule has 6 nitrogen and oxygen atoms in total. The number of thioether (sulfide) groups is 1. The number of sulfone groups is 1. The zero-order chi connectivity index (χ0) is 14.1. The van der Waals surface area contributed by atoms with E-state index in [1.54, 1.807) is 18.8 Å². The monoisotopic (exact) mass is 308 g/mol. The van der Waals surface area contributed by atoms with Gasteiger partial charge in [0.2, 0.25) is 0 Å². The molecule has 0 bridgehead atoms. The van der Waals surface area contributed by atoms with Gasteiger partial charge in [0.15, 0.2) is 15.8 Å². The second-order valence-electron chi connectivity index (χ2n) is 4.41. The van der Waals surface area contributed by atoms with Crippen molar-refractivity contribution in [2.75, 3.05) is 63.3 Å². The third-order valence-electron chi connectivity index (χ3n) is 2.98. The average Bonchev–Trinajstić information content (AvgIpc) is 2.39. The lowest BCUT2D eigenvalue weighted by Gasteiger charge is -2.26. The van der Waals surface area contributed by atoms with Crippen LogP contribution in [0.3, 0.4) is 0 Å². The minimum atomic E-state index is -2.78. The van der Waals surface area contributed by atoms with Gasteiger partial charge in [0.1, 0.15) is 0 Å². The number of hydrogen-bond donors (Lipinski definition) is 2. The molecule has 1 saturated heterocycles. The lowest BCUT2D eigenvalue weighted by Crippen LogP contribution is -2.46. The van der Waals surface area contributed by atoms with Crippen LogP contribution in [0.15, 0.2) is 4.99 Å². The van der Waals surface area contributed by atoms with Crippen molar-refractivity contribution in [3.8, 4) is 0 Å². The molecular weight excluding hydrogens is 284 g/mol. The van der Waals surface area contributed by atoms with E-state index >= 15 is 0 Å². The van der Waals surface area contributed by atoms with Gasteiger partial charge in [-0.05, 0) is 6.26 Å². The minimum Gasteiger partial charge on any atom is -0.356 e. The van der Waals surface area contributed by atoms with Crippen LogP contribution >= 0.6 is 11.8 Å². The third kappa shape index (κ3) is 7.03. The molecule has 112 valence electrons. The fraction of sp³-hybridized carbons (Fsp3) is 0.909. The topological polar surface area (TPSA) is 73.8 Å². The molecule has 0 atom stereocenters. The fourth-order valence-corrected chi connectivity index (χ4v) is 3.38. The Kier molecular flexibility index (Phi) is 7.55. The molecule has 0 radical (unpaired) electrons. The molecule has 2 N–H and O–H groups in total. The summed E-state index contributed by atoms with van der Waals surface area (Å²) in [5.74, 6) is 2.42. The molecule has 0 aromatic carbocycles. The van der Waals surface area contributed by atoms with Gasteiger partial charge in [-0.3, -0.25) is 9.89 Å². The van der Waals surface area contributed by atoms with Crippen molar-refractivity contribution >= 4 is 27.6 Å². The highest BCUT2D eigenvalue weighted by Crippen LogP contribution is 2.02. The normalized spacial score (nSPS) is 20.2. The van der Waals surface area contributed by atoms with Gasteiger partial charge in [0.25, 0.3) is 0 Å². The van der Waals surface area contributed by atoms with E-state index in [9.17, 15) is 8.42 Å². The van der Waals surface area contributed by atoms with Gasteiger partial charge < -0.3 is 10.6 Å². The molecule has 1 heterocycles. The molecule has 0 saturated carbocycles. The second kappa shape index (κ2) is 8.65. The maximum atomic E-state index is 11.3. The Labute approximate surface area is 120 Å². The van der Waals surface area contributed by atoms with E-state index in [-0.39, 0.29) is 11.5 Å². The molecule has 0 aromatic rings. The van der Waals surface area contributed by atoms with Gasteiger partial charge in [0.05, 0.1) is 11.5 Å². The molecule has 1 fully saturated rings. The molecule has 8 heteroatoms. The molecule has 1 rings (SSSR count). The van der Waals surface area contributed by atoms with Crippen LogP contribution in [-0.4, -0.2) is 82.6 Å². The molecule has 19 heavy (non-hydrogen) atoms. The zero-order valence-electron chi connectivity index (χ0n) is 11.7. The van der Waals surface area contributed by atoms with Crippen molar-refractivity contribution in [3.05, 3.63) is 0 Å². The maximum absolute atomic E-state index is 11.3. The summed E-state index contributed by atoms with van der Waals surface area (Å²) in [5, 5.41) is 6.46. The minimum absolute atomic E-state index is 0.285. The Balaban J connectivity index is 2.15. The first kappa shape index (κ1) is 16.6. The average molecular weight is 308 g/mol. The highest BCUT2D eigenvalue weighted by molar-refractivity contribution is 7.98. The second-order valence-corrected chi connectivity index (χ2v) is 7.70. The van der Waals surface area contributed by atoms with Gasteiger partial charge in [-0.1, -0.05) is 0 Å². The summed E-state index contributed by atoms with van der Waals surface area (Å²) in [7, 11) is -1.03. The lowest BCUT2D eigenvalue weighted by atomic mass is 10.4. The SMILES string of the molecule is CN=C(NCCSC)NCCN1CCS(=O)(=O)CC1. The van der Waals surface area contributed by atoms with Crippen molar-refractivity contribution in [1.29, 1.82) is 0 Å². The standard InChI is InChI=1S/C11H24N4O2S2/c1-12-11(14-4-8-18-2)13-3-5-15-6-9-19(16,17)10-7-15/h3-10H2,1-2H3,(H2,12,13,14). The Hall–Kier alpha value is -0.470. The lowest BCUT2D eigenvalue weighted by molar-refractivity contribution is 0.299. The highest BCUT2D eigenvalue weighted by atomic mass is 32.2. The summed E-state index contributed by atoms with van der Waals surface area (Å²) in [6.07, 6.45) is 2.07. The van der Waals surface area contributed by atoms with Gasteiger partial charge in [-0.2, -0.15) is 11.8 Å². The van der Waals surface area contributed by atoms with Crippen LogP contribution in [0.5, 0.6) is 0 Å². The van der Waals surface area contributed by atoms with Gasteiger partial charge in [-0.15, -0.1) is 0 Å². The summed E-state index contributed by atoms with van der Waals surface area (Å²) in [6, 6.07) is 0. The predicted molar refractivity (Wildman–Crippen MR) is 82.8 cm³/mol. The van der Waals surface area contributed by atoms with E-state index in [4.69, 9.17) is 0 Å². The van der Waals surface area contributed by atoms with E-state index < -0.39 is 9.84 Å². The van der Waals surface area contributed by atoms with Crippen LogP contribution < -0.4 is 10.6 Å². The van der Waals surface area contributed by atoms with Crippen LogP contribution in [0.4, 0.5) is 0 Å². The van der Waals surface area contributed by atoms with Crippen LogP contribution in [0, 0.1) is 0 Å². The van der Waals surface area contributed by atoms with Crippen molar-refractivity contribution in [3.63, 3.8) is 0 Å². The molecule has 0 spiro atoms. The Morgan fingerprint density at radius 3 is 2.47 bits per heavy atom. The van der Waals surface area contributed by atoms with Crippen LogP contribution in [0.25, 0.3) is 0 Å². The van der Waals surface area contributed by atoms with Crippen LogP contribution in [0.1, 0.15) is 0 Å². The van der Waals surface area contributed by atoms with Crippen LogP contribution in [0.2, 0.25) is 0 Å². The molecule has 0 aliphatic carbocycles. The highest BCUT2D eigenvalue weighted by Gasteiger charge is 2.20. The van der Waals surface area contributed by atoms with Crippen molar-refractivity contribution < 1.29 is 8.42 Å². The van der Waals surface area contributed by atoms with E-state index in [2.05, 4.69) is 26.8 Å². The number of rotatable bonds is 6. The van der Waals surface area contributed by atoms with E-state index in [1.165, 1.54) is 0 Å². The van der Waals surface area contributed by atoms with Crippen molar-refractivity contribution in [2.45, 2.75) is 0 Å². The summed E-state index contributed by atoms with van der Waals surface area (Å²) < 4.78 is 22.6. The summed E-state index contributed by atoms with van der Waals surface area (Å²) >= 11 is 1.79. The van der Waals surface area contributed by atoms with Gasteiger partial charge in [-0.25, -0.2) is 8.42 Å².